The number of aliphatic hydroxyl groups is 1. The van der Waals surface area contributed by atoms with Gasteiger partial charge in [-0.1, -0.05) is 20.8 Å². The first-order valence-electron chi connectivity index (χ1n) is 11.5. The van der Waals surface area contributed by atoms with Crippen LogP contribution >= 0.6 is 0 Å². The van der Waals surface area contributed by atoms with Crippen LogP contribution in [-0.4, -0.2) is 33.9 Å². The average molecular weight is 405 g/mol. The van der Waals surface area contributed by atoms with Crippen LogP contribution in [-0.2, 0) is 14.4 Å². The number of carbonyl (C=O) groups is 3. The Morgan fingerprint density at radius 2 is 1.86 bits per heavy atom. The highest BCUT2D eigenvalue weighted by Gasteiger charge is 2.65. The largest absolute Gasteiger partial charge is 0.481 e. The number of aliphatic hydroxyl groups excluding tert-OH is 1. The van der Waals surface area contributed by atoms with Crippen LogP contribution < -0.4 is 0 Å². The summed E-state index contributed by atoms with van der Waals surface area (Å²) >= 11 is 0. The molecule has 0 aliphatic heterocycles. The van der Waals surface area contributed by atoms with Gasteiger partial charge in [-0.3, -0.25) is 14.4 Å². The number of hydrogen-bond acceptors (Lipinski definition) is 4. The van der Waals surface area contributed by atoms with Gasteiger partial charge in [-0.05, 0) is 73.5 Å². The lowest BCUT2D eigenvalue weighted by Gasteiger charge is -2.59. The van der Waals surface area contributed by atoms with Gasteiger partial charge in [0.1, 0.15) is 11.6 Å². The van der Waals surface area contributed by atoms with Gasteiger partial charge in [-0.2, -0.15) is 0 Å². The lowest BCUT2D eigenvalue weighted by Crippen LogP contribution is -2.60. The molecule has 4 fully saturated rings. The van der Waals surface area contributed by atoms with Gasteiger partial charge in [0, 0.05) is 30.6 Å². The first-order chi connectivity index (χ1) is 13.6. The highest BCUT2D eigenvalue weighted by molar-refractivity contribution is 5.92. The molecule has 0 saturated heterocycles. The molecule has 2 N–H and O–H groups in total. The molecule has 0 aromatic rings. The SMILES string of the molecule is C[C@H](CCC(=O)O)[C@H]1CC[C@H]2[C@@H]3C(=O)C[C@@H]4C[C@H](O)CC(=O)[C@]4(C)[C@H]3CC[C@]12C. The number of rotatable bonds is 4. The minimum Gasteiger partial charge on any atom is -0.481 e. The normalized spacial score (nSPS) is 47.9. The summed E-state index contributed by atoms with van der Waals surface area (Å²) in [6.45, 7) is 6.59. The molecule has 4 saturated carbocycles. The molecule has 0 bridgehead atoms. The van der Waals surface area contributed by atoms with E-state index in [-0.39, 0.29) is 41.8 Å². The Bertz CT molecular complexity index is 716. The summed E-state index contributed by atoms with van der Waals surface area (Å²) in [5.41, 5.74) is -0.401. The molecule has 4 rings (SSSR count). The molecule has 4 aliphatic carbocycles. The van der Waals surface area contributed by atoms with E-state index in [1.807, 2.05) is 0 Å². The third-order valence-electron chi connectivity index (χ3n) is 9.86. The van der Waals surface area contributed by atoms with E-state index in [0.717, 1.165) is 25.7 Å². The number of carboxylic acids is 1. The number of carbonyl (C=O) groups excluding carboxylic acids is 2. The summed E-state index contributed by atoms with van der Waals surface area (Å²) in [7, 11) is 0. The van der Waals surface area contributed by atoms with E-state index in [1.54, 1.807) is 0 Å². The first kappa shape index (κ1) is 21.0. The lowest BCUT2D eigenvalue weighted by atomic mass is 9.43. The fraction of sp³-hybridized carbons (Fsp3) is 0.875. The van der Waals surface area contributed by atoms with E-state index in [9.17, 15) is 19.5 Å². The molecule has 0 aromatic heterocycles. The number of aliphatic carboxylic acids is 1. The molecule has 0 amide bonds. The van der Waals surface area contributed by atoms with Gasteiger partial charge in [0.25, 0.3) is 0 Å². The van der Waals surface area contributed by atoms with E-state index >= 15 is 0 Å². The van der Waals surface area contributed by atoms with E-state index in [1.165, 1.54) is 0 Å². The second kappa shape index (κ2) is 7.18. The summed E-state index contributed by atoms with van der Waals surface area (Å²) in [5.74, 6) is 0.907. The average Bonchev–Trinajstić information content (AvgIpc) is 2.99. The Kier molecular flexibility index (Phi) is 5.20. The predicted octanol–water partition coefficient (Wildman–Crippen LogP) is 3.87. The second-order valence-electron chi connectivity index (χ2n) is 11.0. The van der Waals surface area contributed by atoms with Crippen LogP contribution in [0, 0.1) is 46.3 Å². The Morgan fingerprint density at radius 3 is 2.55 bits per heavy atom. The molecular formula is C24H36O5. The van der Waals surface area contributed by atoms with Crippen LogP contribution in [0.5, 0.6) is 0 Å². The molecule has 0 unspecified atom stereocenters. The summed E-state index contributed by atoms with van der Waals surface area (Å²) in [5, 5.41) is 19.2. The monoisotopic (exact) mass is 404 g/mol. The zero-order chi connectivity index (χ0) is 21.1. The molecule has 5 heteroatoms. The number of carboxylic acid groups (broad SMARTS) is 1. The summed E-state index contributed by atoms with van der Waals surface area (Å²) in [4.78, 5) is 37.5. The minimum atomic E-state index is -0.736. The zero-order valence-electron chi connectivity index (χ0n) is 18.0. The van der Waals surface area contributed by atoms with Crippen molar-refractivity contribution in [3.63, 3.8) is 0 Å². The van der Waals surface area contributed by atoms with E-state index < -0.39 is 17.5 Å². The van der Waals surface area contributed by atoms with Crippen molar-refractivity contribution in [2.75, 3.05) is 0 Å². The van der Waals surface area contributed by atoms with Crippen LogP contribution in [0.2, 0.25) is 0 Å². The van der Waals surface area contributed by atoms with Crippen LogP contribution in [0.15, 0.2) is 0 Å². The fourth-order valence-corrected chi connectivity index (χ4v) is 8.29. The van der Waals surface area contributed by atoms with Crippen LogP contribution in [0.25, 0.3) is 0 Å². The Balaban J connectivity index is 1.60. The van der Waals surface area contributed by atoms with Crippen molar-refractivity contribution in [2.24, 2.45) is 46.3 Å². The van der Waals surface area contributed by atoms with E-state index in [4.69, 9.17) is 5.11 Å². The molecule has 162 valence electrons. The lowest BCUT2D eigenvalue weighted by molar-refractivity contribution is -0.169. The smallest absolute Gasteiger partial charge is 0.303 e. The van der Waals surface area contributed by atoms with Gasteiger partial charge in [0.05, 0.1) is 6.10 Å². The number of hydrogen-bond donors (Lipinski definition) is 2. The Labute approximate surface area is 173 Å². The van der Waals surface area contributed by atoms with Crippen molar-refractivity contribution in [1.82, 2.24) is 0 Å². The Hall–Kier alpha value is -1.23. The van der Waals surface area contributed by atoms with Crippen molar-refractivity contribution in [3.05, 3.63) is 0 Å². The van der Waals surface area contributed by atoms with Crippen LogP contribution in [0.1, 0.15) is 78.6 Å². The zero-order valence-corrected chi connectivity index (χ0v) is 18.0. The van der Waals surface area contributed by atoms with E-state index in [0.29, 0.717) is 42.8 Å². The number of ketones is 2. The van der Waals surface area contributed by atoms with Crippen molar-refractivity contribution >= 4 is 17.5 Å². The molecule has 4 aliphatic rings. The summed E-state index contributed by atoms with van der Waals surface area (Å²) in [6.07, 6.45) is 5.56. The molecule has 0 aromatic carbocycles. The number of Topliss-reactive ketones (excluding diaryl/α,β-unsaturated/α-hetero) is 2. The highest BCUT2D eigenvalue weighted by Crippen LogP contribution is 2.67. The van der Waals surface area contributed by atoms with Gasteiger partial charge >= 0.3 is 5.97 Å². The van der Waals surface area contributed by atoms with Crippen LogP contribution in [0.3, 0.4) is 0 Å². The molecule has 0 spiro atoms. The summed E-state index contributed by atoms with van der Waals surface area (Å²) in [6, 6.07) is 0. The van der Waals surface area contributed by atoms with Crippen LogP contribution in [0.4, 0.5) is 0 Å². The summed E-state index contributed by atoms with van der Waals surface area (Å²) < 4.78 is 0. The number of fused-ring (bicyclic) bond motifs is 5. The van der Waals surface area contributed by atoms with Gasteiger partial charge in [0.2, 0.25) is 0 Å². The first-order valence-corrected chi connectivity index (χ1v) is 11.5. The quantitative estimate of drug-likeness (QED) is 0.742. The maximum Gasteiger partial charge on any atom is 0.303 e. The third-order valence-corrected chi connectivity index (χ3v) is 9.86. The second-order valence-corrected chi connectivity index (χ2v) is 11.0. The van der Waals surface area contributed by atoms with Crippen molar-refractivity contribution in [1.29, 1.82) is 0 Å². The van der Waals surface area contributed by atoms with Crippen molar-refractivity contribution < 1.29 is 24.6 Å². The topological polar surface area (TPSA) is 91.7 Å². The highest BCUT2D eigenvalue weighted by atomic mass is 16.4. The maximum absolute atomic E-state index is 13.3. The molecule has 5 nitrogen and oxygen atoms in total. The molecule has 29 heavy (non-hydrogen) atoms. The van der Waals surface area contributed by atoms with E-state index in [2.05, 4.69) is 20.8 Å². The van der Waals surface area contributed by atoms with Gasteiger partial charge < -0.3 is 10.2 Å². The Morgan fingerprint density at radius 1 is 1.14 bits per heavy atom. The fourth-order valence-electron chi connectivity index (χ4n) is 8.29. The molecule has 0 radical (unpaired) electrons. The van der Waals surface area contributed by atoms with Crippen molar-refractivity contribution in [2.45, 2.75) is 84.7 Å². The molecule has 0 heterocycles. The maximum atomic E-state index is 13.3. The third kappa shape index (κ3) is 3.10. The predicted molar refractivity (Wildman–Crippen MR) is 108 cm³/mol. The van der Waals surface area contributed by atoms with Gasteiger partial charge in [0.15, 0.2) is 0 Å². The standard InChI is InChI=1S/C24H36O5/c1-13(4-7-21(28)29)16-5-6-17-22-18(8-9-23(16,17)2)24(3)14(11-19(22)26)10-15(25)12-20(24)27/h13-18,22,25H,4-12H2,1-3H3,(H,28,29)/t13-,14+,15+,16-,17+,18+,22+,23-,24+/m1/s1. The minimum absolute atomic E-state index is 0.0106. The molecule has 9 atom stereocenters. The molecular weight excluding hydrogens is 368 g/mol. The van der Waals surface area contributed by atoms with Gasteiger partial charge in [-0.15, -0.1) is 0 Å². The van der Waals surface area contributed by atoms with Crippen molar-refractivity contribution in [3.8, 4) is 0 Å². The van der Waals surface area contributed by atoms with Gasteiger partial charge in [-0.25, -0.2) is 0 Å².